The fourth-order valence-electron chi connectivity index (χ4n) is 6.45. The van der Waals surface area contributed by atoms with Crippen molar-refractivity contribution in [2.75, 3.05) is 0 Å². The van der Waals surface area contributed by atoms with Gasteiger partial charge in [-0.15, -0.1) is 0 Å². The minimum Gasteiger partial charge on any atom is -0.457 e. The van der Waals surface area contributed by atoms with Gasteiger partial charge in [-0.25, -0.2) is 9.67 Å². The summed E-state index contributed by atoms with van der Waals surface area (Å²) in [6.07, 6.45) is 3.85. The molecular formula is C42H42N4O. The lowest BCUT2D eigenvalue weighted by molar-refractivity contribution is 0.375. The fourth-order valence-corrected chi connectivity index (χ4v) is 6.45. The maximum absolute atomic E-state index is 6.61. The molecule has 0 radical (unpaired) electrons. The summed E-state index contributed by atoms with van der Waals surface area (Å²) < 4.78 is 11.0. The zero-order valence-electron chi connectivity index (χ0n) is 28.2. The van der Waals surface area contributed by atoms with Gasteiger partial charge in [-0.3, -0.25) is 4.57 Å². The zero-order valence-corrected chi connectivity index (χ0v) is 28.2. The van der Waals surface area contributed by atoms with Crippen LogP contribution in [0.1, 0.15) is 63.9 Å². The summed E-state index contributed by atoms with van der Waals surface area (Å²) in [6.45, 7) is 13.5. The maximum Gasteiger partial charge on any atom is 0.137 e. The number of nitrogens with zero attached hydrogens (tertiary/aromatic N) is 4. The second-order valence-corrected chi connectivity index (χ2v) is 14.0. The Morgan fingerprint density at radius 3 is 2.26 bits per heavy atom. The Hall–Kier alpha value is -5.16. The lowest BCUT2D eigenvalue weighted by Gasteiger charge is -2.19. The minimum atomic E-state index is 0.196. The number of benzene rings is 4. The van der Waals surface area contributed by atoms with E-state index in [1.807, 2.05) is 18.3 Å². The molecule has 47 heavy (non-hydrogen) atoms. The van der Waals surface area contributed by atoms with E-state index in [9.17, 15) is 0 Å². The van der Waals surface area contributed by atoms with Crippen molar-refractivity contribution in [1.29, 1.82) is 0 Å². The van der Waals surface area contributed by atoms with Crippen LogP contribution in [0, 0.1) is 12.3 Å². The van der Waals surface area contributed by atoms with Crippen molar-refractivity contribution in [3.63, 3.8) is 0 Å². The van der Waals surface area contributed by atoms with Crippen LogP contribution < -0.4 is 4.74 Å². The Kier molecular flexibility index (Phi) is 7.93. The van der Waals surface area contributed by atoms with Crippen molar-refractivity contribution in [1.82, 2.24) is 19.3 Å². The smallest absolute Gasteiger partial charge is 0.137 e. The molecule has 0 amide bonds. The molecule has 0 N–H and O–H groups in total. The molecule has 0 spiro atoms. The molecule has 236 valence electrons. The Morgan fingerprint density at radius 1 is 0.745 bits per heavy atom. The topological polar surface area (TPSA) is 44.9 Å². The lowest BCUT2D eigenvalue weighted by Crippen LogP contribution is -2.10. The summed E-state index contributed by atoms with van der Waals surface area (Å²) in [5.74, 6) is 2.71. The Labute approximate surface area is 277 Å². The van der Waals surface area contributed by atoms with Gasteiger partial charge in [-0.1, -0.05) is 89.2 Å². The van der Waals surface area contributed by atoms with Gasteiger partial charge in [-0.2, -0.15) is 5.10 Å². The Morgan fingerprint density at radius 2 is 1.49 bits per heavy atom. The van der Waals surface area contributed by atoms with Crippen LogP contribution in [0.2, 0.25) is 0 Å². The summed E-state index contributed by atoms with van der Waals surface area (Å²) in [6, 6.07) is 38.0. The summed E-state index contributed by atoms with van der Waals surface area (Å²) in [5.41, 5.74) is 9.36. The van der Waals surface area contributed by atoms with E-state index in [1.54, 1.807) is 0 Å². The largest absolute Gasteiger partial charge is 0.457 e. The van der Waals surface area contributed by atoms with Crippen molar-refractivity contribution >= 4 is 21.8 Å². The summed E-state index contributed by atoms with van der Waals surface area (Å²) in [7, 11) is 0. The number of hydrogen-bond donors (Lipinski definition) is 0. The first-order chi connectivity index (χ1) is 22.7. The van der Waals surface area contributed by atoms with Crippen molar-refractivity contribution in [2.24, 2.45) is 5.41 Å². The number of aryl methyl sites for hydroxylation is 1. The van der Waals surface area contributed by atoms with E-state index in [2.05, 4.69) is 148 Å². The molecule has 4 aromatic carbocycles. The molecule has 3 aromatic heterocycles. The average Bonchev–Trinajstić information content (AvgIpc) is 3.60. The number of hydrogen-bond acceptors (Lipinski definition) is 3. The quantitative estimate of drug-likeness (QED) is 0.170. The van der Waals surface area contributed by atoms with Crippen LogP contribution in [0.3, 0.4) is 0 Å². The monoisotopic (exact) mass is 618 g/mol. The highest BCUT2D eigenvalue weighted by molar-refractivity contribution is 6.09. The molecule has 0 bridgehead atoms. The van der Waals surface area contributed by atoms with Crippen LogP contribution in [0.4, 0.5) is 0 Å². The third-order valence-corrected chi connectivity index (χ3v) is 8.80. The molecule has 0 fully saturated rings. The third kappa shape index (κ3) is 6.06. The molecule has 0 unspecified atom stereocenters. The van der Waals surface area contributed by atoms with E-state index in [1.165, 1.54) is 33.2 Å². The standard InChI is InChI=1S/C42H42N4O/c1-28(2)41-40(30-13-8-7-9-14-30)37(21-23-42(4,5)6)46(44-41)31-15-12-16-32(26-31)47-33-19-20-35-34-17-10-11-18-36(34)45(38(35)27-33)39-25-29(3)22-24-43-39/h7-20,22,24-28H,21,23H2,1-6H3. The van der Waals surface area contributed by atoms with Gasteiger partial charge in [0.1, 0.15) is 17.3 Å². The highest BCUT2D eigenvalue weighted by atomic mass is 16.5. The zero-order chi connectivity index (χ0) is 32.7. The van der Waals surface area contributed by atoms with Gasteiger partial charge in [0.25, 0.3) is 0 Å². The van der Waals surface area contributed by atoms with Gasteiger partial charge >= 0.3 is 0 Å². The third-order valence-electron chi connectivity index (χ3n) is 8.80. The molecule has 0 saturated heterocycles. The molecule has 0 aliphatic carbocycles. The summed E-state index contributed by atoms with van der Waals surface area (Å²) >= 11 is 0. The highest BCUT2D eigenvalue weighted by Gasteiger charge is 2.24. The van der Waals surface area contributed by atoms with Crippen LogP contribution in [-0.2, 0) is 6.42 Å². The number of aromatic nitrogens is 4. The van der Waals surface area contributed by atoms with Gasteiger partial charge < -0.3 is 4.74 Å². The number of pyridine rings is 1. The number of ether oxygens (including phenoxy) is 1. The molecule has 3 heterocycles. The van der Waals surface area contributed by atoms with Gasteiger partial charge in [-0.05, 0) is 84.7 Å². The van der Waals surface area contributed by atoms with E-state index >= 15 is 0 Å². The highest BCUT2D eigenvalue weighted by Crippen LogP contribution is 2.38. The van der Waals surface area contributed by atoms with Crippen LogP contribution in [-0.4, -0.2) is 19.3 Å². The molecule has 0 atom stereocenters. The number of rotatable bonds is 8. The molecule has 7 rings (SSSR count). The SMILES string of the molecule is Cc1ccnc(-n2c3ccccc3c3ccc(Oc4cccc(-n5nc(C(C)C)c(-c6ccccc6)c5CCC(C)(C)C)c4)cc32)c1. The maximum atomic E-state index is 6.61. The van der Waals surface area contributed by atoms with E-state index in [4.69, 9.17) is 14.8 Å². The first kappa shape index (κ1) is 30.5. The van der Waals surface area contributed by atoms with Crippen LogP contribution in [0.25, 0.3) is 44.4 Å². The molecule has 7 aromatic rings. The average molecular weight is 619 g/mol. The molecule has 0 aliphatic rings. The van der Waals surface area contributed by atoms with Crippen LogP contribution in [0.15, 0.2) is 115 Å². The van der Waals surface area contributed by atoms with E-state index in [0.29, 0.717) is 0 Å². The summed E-state index contributed by atoms with van der Waals surface area (Å²) in [5, 5.41) is 7.63. The molecule has 0 aliphatic heterocycles. The second-order valence-electron chi connectivity index (χ2n) is 14.0. The van der Waals surface area contributed by atoms with Gasteiger partial charge in [0.15, 0.2) is 0 Å². The number of para-hydroxylation sites is 1. The van der Waals surface area contributed by atoms with E-state index < -0.39 is 0 Å². The predicted octanol–water partition coefficient (Wildman–Crippen LogP) is 11.2. The molecule has 0 saturated carbocycles. The normalized spacial score (nSPS) is 12.0. The van der Waals surface area contributed by atoms with E-state index in [0.717, 1.165) is 52.6 Å². The summed E-state index contributed by atoms with van der Waals surface area (Å²) in [4.78, 5) is 4.74. The van der Waals surface area contributed by atoms with Gasteiger partial charge in [0.2, 0.25) is 0 Å². The van der Waals surface area contributed by atoms with Gasteiger partial charge in [0, 0.05) is 34.7 Å². The number of fused-ring (bicyclic) bond motifs is 3. The molecule has 5 nitrogen and oxygen atoms in total. The minimum absolute atomic E-state index is 0.196. The predicted molar refractivity (Wildman–Crippen MR) is 194 cm³/mol. The van der Waals surface area contributed by atoms with E-state index in [-0.39, 0.29) is 11.3 Å². The van der Waals surface area contributed by atoms with Crippen LogP contribution in [0.5, 0.6) is 11.5 Å². The molecule has 5 heteroatoms. The van der Waals surface area contributed by atoms with Crippen molar-refractivity contribution in [3.05, 3.63) is 132 Å². The van der Waals surface area contributed by atoms with Crippen molar-refractivity contribution in [3.8, 4) is 34.1 Å². The first-order valence-electron chi connectivity index (χ1n) is 16.6. The first-order valence-corrected chi connectivity index (χ1v) is 16.6. The van der Waals surface area contributed by atoms with Crippen LogP contribution >= 0.6 is 0 Å². The lowest BCUT2D eigenvalue weighted by atomic mass is 9.87. The van der Waals surface area contributed by atoms with Crippen molar-refractivity contribution in [2.45, 2.75) is 60.3 Å². The van der Waals surface area contributed by atoms with Gasteiger partial charge in [0.05, 0.1) is 28.1 Å². The van der Waals surface area contributed by atoms with Crippen molar-refractivity contribution < 1.29 is 4.74 Å². The molecular weight excluding hydrogens is 576 g/mol. The Balaban J connectivity index is 1.31. The fraction of sp³-hybridized carbons (Fsp3) is 0.238. The second kappa shape index (κ2) is 12.2. The Bertz CT molecular complexity index is 2200.